The number of benzene rings is 4. The standard InChI is InChI=1S/C54H72N2O12/c1-3-5-7-9-11-13-21-65-53-45-33-41-17-15-19-43-35-47-39-50(56(59)60)40-48(54(47)66-22-14-12-10-8-6-4-2)36-44-20-16-18-42(34-46(53)38-49(37-45)55(57)58)52(44)68-32-30-64-28-26-62-24-23-61-25-27-63-29-31-67-51(41)43/h15-20,37-40H,3-14,21-36H2,1-2H3. The first-order valence-electron chi connectivity index (χ1n) is 25.0. The van der Waals surface area contributed by atoms with E-state index in [1.54, 1.807) is 24.3 Å². The number of nitrogens with zero attached hydrogens (tertiary/aromatic N) is 2. The Bertz CT molecular complexity index is 1950. The van der Waals surface area contributed by atoms with Crippen LogP contribution in [-0.2, 0) is 44.6 Å². The molecule has 0 saturated carbocycles. The molecular formula is C54H72N2O12. The molecular weight excluding hydrogens is 869 g/mol. The first-order valence-corrected chi connectivity index (χ1v) is 25.0. The summed E-state index contributed by atoms with van der Waals surface area (Å²) in [5.74, 6) is 2.37. The lowest BCUT2D eigenvalue weighted by atomic mass is 9.90. The minimum atomic E-state index is -0.351. The lowest BCUT2D eigenvalue weighted by Crippen LogP contribution is -2.15. The number of ether oxygens (including phenoxy) is 8. The van der Waals surface area contributed by atoms with Crippen LogP contribution < -0.4 is 18.9 Å². The SMILES string of the molecule is CCCCCCCCOc1c2cc([N+](=O)[O-])cc1Cc1cccc3c1OCCOCCOCCOCCOCCOc1c(cccc1Cc1cc([N+](=O)[O-])cc(c1OCCCCCCCC)C3)C2. The molecule has 0 unspecified atom stereocenters. The van der Waals surface area contributed by atoms with E-state index in [-0.39, 0.29) is 73.3 Å². The molecule has 0 N–H and O–H groups in total. The van der Waals surface area contributed by atoms with E-state index in [1.165, 1.54) is 25.7 Å². The molecule has 0 radical (unpaired) electrons. The maximum Gasteiger partial charge on any atom is 0.270 e. The first-order chi connectivity index (χ1) is 33.4. The van der Waals surface area contributed by atoms with Crippen LogP contribution in [0.2, 0.25) is 0 Å². The fourth-order valence-electron chi connectivity index (χ4n) is 8.88. The Kier molecular flexibility index (Phi) is 22.1. The molecule has 10 bridgehead atoms. The van der Waals surface area contributed by atoms with E-state index in [4.69, 9.17) is 37.9 Å². The number of unbranched alkanes of at least 4 members (excludes halogenated alkanes) is 10. The molecule has 1 heterocycles. The number of nitro groups is 2. The van der Waals surface area contributed by atoms with Crippen molar-refractivity contribution < 1.29 is 47.7 Å². The Morgan fingerprint density at radius 3 is 1.03 bits per heavy atom. The van der Waals surface area contributed by atoms with Crippen LogP contribution in [0, 0.1) is 20.2 Å². The maximum atomic E-state index is 12.8. The second kappa shape index (κ2) is 28.9. The average molecular weight is 941 g/mol. The van der Waals surface area contributed by atoms with E-state index in [1.807, 2.05) is 36.4 Å². The van der Waals surface area contributed by atoms with Gasteiger partial charge in [-0.1, -0.05) is 114 Å². The summed E-state index contributed by atoms with van der Waals surface area (Å²) in [5.41, 5.74) is 5.67. The zero-order valence-corrected chi connectivity index (χ0v) is 40.4. The van der Waals surface area contributed by atoms with Crippen molar-refractivity contribution in [2.24, 2.45) is 0 Å². The highest BCUT2D eigenvalue weighted by atomic mass is 16.6. The molecule has 0 fully saturated rings. The van der Waals surface area contributed by atoms with Crippen LogP contribution in [0.4, 0.5) is 11.4 Å². The smallest absolute Gasteiger partial charge is 0.270 e. The number of nitro benzene ring substituents is 2. The summed E-state index contributed by atoms with van der Waals surface area (Å²) in [5, 5.41) is 25.5. The van der Waals surface area contributed by atoms with Crippen molar-refractivity contribution in [1.82, 2.24) is 0 Å². The van der Waals surface area contributed by atoms with Crippen molar-refractivity contribution in [3.05, 3.63) is 125 Å². The molecule has 4 aromatic carbocycles. The summed E-state index contributed by atoms with van der Waals surface area (Å²) >= 11 is 0. The van der Waals surface area contributed by atoms with E-state index in [9.17, 15) is 20.2 Å². The molecule has 370 valence electrons. The molecule has 1 aliphatic carbocycles. The molecule has 14 heteroatoms. The summed E-state index contributed by atoms with van der Waals surface area (Å²) in [6.07, 6.45) is 14.0. The number of hydrogen-bond donors (Lipinski definition) is 0. The van der Waals surface area contributed by atoms with Crippen LogP contribution in [0.5, 0.6) is 23.0 Å². The van der Waals surface area contributed by atoms with Crippen LogP contribution in [0.1, 0.15) is 135 Å². The Balaban J connectivity index is 1.52. The molecule has 0 amide bonds. The van der Waals surface area contributed by atoms with Gasteiger partial charge in [0, 0.05) is 72.2 Å². The summed E-state index contributed by atoms with van der Waals surface area (Å²) in [7, 11) is 0. The molecule has 0 spiro atoms. The van der Waals surface area contributed by atoms with E-state index >= 15 is 0 Å². The summed E-state index contributed by atoms with van der Waals surface area (Å²) in [4.78, 5) is 24.8. The third-order valence-electron chi connectivity index (χ3n) is 12.3. The zero-order chi connectivity index (χ0) is 47.8. The predicted molar refractivity (Wildman–Crippen MR) is 262 cm³/mol. The Morgan fingerprint density at radius 1 is 0.426 bits per heavy atom. The second-order valence-electron chi connectivity index (χ2n) is 17.6. The molecule has 0 atom stereocenters. The molecule has 0 aromatic heterocycles. The van der Waals surface area contributed by atoms with Crippen LogP contribution in [0.25, 0.3) is 0 Å². The number of para-hydroxylation sites is 2. The van der Waals surface area contributed by atoms with Gasteiger partial charge in [0.2, 0.25) is 0 Å². The second-order valence-corrected chi connectivity index (χ2v) is 17.6. The van der Waals surface area contributed by atoms with E-state index in [2.05, 4.69) is 13.8 Å². The largest absolute Gasteiger partial charge is 0.493 e. The third kappa shape index (κ3) is 16.2. The molecule has 14 nitrogen and oxygen atoms in total. The van der Waals surface area contributed by atoms with Crippen LogP contribution in [0.15, 0.2) is 60.7 Å². The Labute approximate surface area is 402 Å². The van der Waals surface area contributed by atoms with Gasteiger partial charge in [0.15, 0.2) is 0 Å². The van der Waals surface area contributed by atoms with Crippen LogP contribution >= 0.6 is 0 Å². The molecule has 68 heavy (non-hydrogen) atoms. The van der Waals surface area contributed by atoms with Crippen LogP contribution in [-0.4, -0.2) is 89.1 Å². The van der Waals surface area contributed by atoms with E-state index < -0.39 is 0 Å². The summed E-state index contributed by atoms with van der Waals surface area (Å²) in [6, 6.07) is 18.2. The van der Waals surface area contributed by atoms with Crippen molar-refractivity contribution >= 4 is 11.4 Å². The lowest BCUT2D eigenvalue weighted by Gasteiger charge is -2.23. The minimum Gasteiger partial charge on any atom is -0.493 e. The highest BCUT2D eigenvalue weighted by molar-refractivity contribution is 5.60. The Morgan fingerprint density at radius 2 is 0.721 bits per heavy atom. The van der Waals surface area contributed by atoms with Gasteiger partial charge in [0.05, 0.1) is 75.9 Å². The predicted octanol–water partition coefficient (Wildman–Crippen LogP) is 11.5. The van der Waals surface area contributed by atoms with E-state index in [0.717, 1.165) is 73.6 Å². The molecule has 4 aromatic rings. The molecule has 0 saturated heterocycles. The molecule has 1 aliphatic heterocycles. The average Bonchev–Trinajstić information content (AvgIpc) is 3.32. The van der Waals surface area contributed by atoms with E-state index in [0.29, 0.717) is 98.1 Å². The molecule has 2 aliphatic rings. The van der Waals surface area contributed by atoms with Crippen molar-refractivity contribution in [1.29, 1.82) is 0 Å². The topological polar surface area (TPSA) is 160 Å². The van der Waals surface area contributed by atoms with Crippen molar-refractivity contribution in [2.45, 2.75) is 117 Å². The zero-order valence-electron chi connectivity index (χ0n) is 40.4. The van der Waals surface area contributed by atoms with Gasteiger partial charge < -0.3 is 37.9 Å². The normalized spacial score (nSPS) is 15.1. The monoisotopic (exact) mass is 941 g/mol. The van der Waals surface area contributed by atoms with Gasteiger partial charge in [0.1, 0.15) is 36.2 Å². The van der Waals surface area contributed by atoms with Gasteiger partial charge in [0.25, 0.3) is 11.4 Å². The number of hydrogen-bond acceptors (Lipinski definition) is 12. The van der Waals surface area contributed by atoms with Crippen molar-refractivity contribution in [3.8, 4) is 23.0 Å². The fourth-order valence-corrected chi connectivity index (χ4v) is 8.88. The number of fused-ring (bicyclic) bond motifs is 2. The minimum absolute atomic E-state index is 0.0432. The van der Waals surface area contributed by atoms with Gasteiger partial charge in [-0.25, -0.2) is 0 Å². The van der Waals surface area contributed by atoms with Crippen LogP contribution in [0.3, 0.4) is 0 Å². The lowest BCUT2D eigenvalue weighted by molar-refractivity contribution is -0.385. The number of rotatable bonds is 18. The number of non-ortho nitro benzene ring substituents is 2. The van der Waals surface area contributed by atoms with Gasteiger partial charge in [-0.3, -0.25) is 20.2 Å². The van der Waals surface area contributed by atoms with Gasteiger partial charge in [-0.05, 0) is 35.1 Å². The molecule has 6 rings (SSSR count). The van der Waals surface area contributed by atoms with Gasteiger partial charge in [-0.15, -0.1) is 0 Å². The quantitative estimate of drug-likeness (QED) is 0.0465. The highest BCUT2D eigenvalue weighted by Gasteiger charge is 2.26. The first kappa shape index (κ1) is 52.1. The van der Waals surface area contributed by atoms with Gasteiger partial charge >= 0.3 is 0 Å². The third-order valence-corrected chi connectivity index (χ3v) is 12.3. The fraction of sp³-hybridized carbons (Fsp3) is 0.556. The Hall–Kier alpha value is -5.28. The van der Waals surface area contributed by atoms with Gasteiger partial charge in [-0.2, -0.15) is 0 Å². The highest BCUT2D eigenvalue weighted by Crippen LogP contribution is 2.41. The summed E-state index contributed by atoms with van der Waals surface area (Å²) < 4.78 is 50.2. The maximum absolute atomic E-state index is 12.8. The van der Waals surface area contributed by atoms with Crippen molar-refractivity contribution in [2.75, 3.05) is 79.3 Å². The summed E-state index contributed by atoms with van der Waals surface area (Å²) in [6.45, 7) is 8.59. The van der Waals surface area contributed by atoms with Crippen molar-refractivity contribution in [3.63, 3.8) is 0 Å².